The highest BCUT2D eigenvalue weighted by atomic mass is 16.5. The molecule has 0 aromatic heterocycles. The number of methoxy groups -OCH3 is 1. The minimum Gasteiger partial charge on any atom is -0.453 e. The molecule has 1 saturated carbocycles. The summed E-state index contributed by atoms with van der Waals surface area (Å²) in [5, 5.41) is 2.60. The van der Waals surface area contributed by atoms with Gasteiger partial charge in [0.15, 0.2) is 5.78 Å². The summed E-state index contributed by atoms with van der Waals surface area (Å²) in [6, 6.07) is -0.357. The van der Waals surface area contributed by atoms with E-state index in [2.05, 4.69) is 10.1 Å². The van der Waals surface area contributed by atoms with Crippen molar-refractivity contribution in [2.75, 3.05) is 7.11 Å². The fourth-order valence-corrected chi connectivity index (χ4v) is 2.03. The lowest BCUT2D eigenvalue weighted by molar-refractivity contribution is -0.120. The maximum absolute atomic E-state index is 11.3. The fraction of sp³-hybridized carbons (Fsp3) is 0.833. The Balaban J connectivity index is 0. The molecule has 1 amide bonds. The number of alkyl carbamates (subject to hydrolysis) is 1. The summed E-state index contributed by atoms with van der Waals surface area (Å²) in [7, 11) is 1.31. The lowest BCUT2D eigenvalue weighted by Gasteiger charge is -2.21. The van der Waals surface area contributed by atoms with Gasteiger partial charge in [-0.15, -0.1) is 0 Å². The van der Waals surface area contributed by atoms with Gasteiger partial charge in [0.1, 0.15) is 0 Å². The zero-order valence-corrected chi connectivity index (χ0v) is 10.7. The van der Waals surface area contributed by atoms with Crippen molar-refractivity contribution in [2.24, 2.45) is 5.92 Å². The first kappa shape index (κ1) is 14.9. The molecule has 4 heteroatoms. The monoisotopic (exact) mass is 231 g/mol. The number of ketones is 1. The Labute approximate surface area is 99.2 Å². The number of hydrogen-bond acceptors (Lipinski definition) is 3. The van der Waals surface area contributed by atoms with Crippen molar-refractivity contribution in [1.29, 1.82) is 0 Å². The van der Waals surface area contributed by atoms with Crippen LogP contribution < -0.4 is 5.32 Å². The van der Waals surface area contributed by atoms with Crippen LogP contribution in [0.5, 0.6) is 0 Å². The van der Waals surface area contributed by atoms with Crippen molar-refractivity contribution in [1.82, 2.24) is 5.32 Å². The van der Waals surface area contributed by atoms with Crippen molar-refractivity contribution in [2.45, 2.75) is 52.5 Å². The molecule has 0 heterocycles. The minimum atomic E-state index is -0.517. The van der Waals surface area contributed by atoms with Gasteiger partial charge in [-0.05, 0) is 25.7 Å². The third kappa shape index (κ3) is 4.64. The van der Waals surface area contributed by atoms with Gasteiger partial charge in [0.2, 0.25) is 0 Å². The predicted octanol–water partition coefficient (Wildman–Crippen LogP) is 2.76. The standard InChI is InChI=1S/C10H17NO3.C2H6.H2/c1-7(12)9(11-10(13)14-2)8-5-3-4-6-8;1-2;/h8-9H,3-6H2,1-2H3,(H,11,13);1-2H3;1H. The molecule has 1 aliphatic rings. The second-order valence-corrected chi connectivity index (χ2v) is 3.77. The van der Waals surface area contributed by atoms with Gasteiger partial charge < -0.3 is 10.1 Å². The maximum Gasteiger partial charge on any atom is 0.407 e. The average Bonchev–Trinajstić information content (AvgIpc) is 2.81. The van der Waals surface area contributed by atoms with Gasteiger partial charge in [0, 0.05) is 1.43 Å². The molecular formula is C12H25NO3. The Kier molecular flexibility index (Phi) is 7.60. The smallest absolute Gasteiger partial charge is 0.407 e. The van der Waals surface area contributed by atoms with E-state index in [1.165, 1.54) is 14.0 Å². The molecule has 0 radical (unpaired) electrons. The molecule has 16 heavy (non-hydrogen) atoms. The summed E-state index contributed by atoms with van der Waals surface area (Å²) in [5.41, 5.74) is 0. The Morgan fingerprint density at radius 3 is 2.19 bits per heavy atom. The summed E-state index contributed by atoms with van der Waals surface area (Å²) in [4.78, 5) is 22.3. The molecule has 1 unspecified atom stereocenters. The van der Waals surface area contributed by atoms with E-state index in [4.69, 9.17) is 0 Å². The van der Waals surface area contributed by atoms with E-state index in [1.54, 1.807) is 0 Å². The first-order valence-electron chi connectivity index (χ1n) is 6.00. The van der Waals surface area contributed by atoms with Crippen LogP contribution in [0.25, 0.3) is 0 Å². The van der Waals surface area contributed by atoms with E-state index in [9.17, 15) is 9.59 Å². The lowest BCUT2D eigenvalue weighted by atomic mass is 9.95. The number of Topliss-reactive ketones (excluding diaryl/α,β-unsaturated/α-hetero) is 1. The van der Waals surface area contributed by atoms with E-state index >= 15 is 0 Å². The number of nitrogens with one attached hydrogen (secondary N) is 1. The normalized spacial score (nSPS) is 17.0. The molecule has 1 fully saturated rings. The van der Waals surface area contributed by atoms with E-state index in [-0.39, 0.29) is 13.3 Å². The second kappa shape index (κ2) is 8.13. The highest BCUT2D eigenvalue weighted by molar-refractivity contribution is 5.85. The molecule has 0 spiro atoms. The number of carbonyl (C=O) groups is 2. The highest BCUT2D eigenvalue weighted by Gasteiger charge is 2.29. The zero-order valence-electron chi connectivity index (χ0n) is 10.7. The largest absolute Gasteiger partial charge is 0.453 e. The third-order valence-corrected chi connectivity index (χ3v) is 2.77. The molecule has 0 bridgehead atoms. The average molecular weight is 231 g/mol. The van der Waals surface area contributed by atoms with Crippen LogP contribution in [0.1, 0.15) is 47.9 Å². The van der Waals surface area contributed by atoms with Crippen LogP contribution in [0.3, 0.4) is 0 Å². The van der Waals surface area contributed by atoms with E-state index in [1.807, 2.05) is 13.8 Å². The Bertz CT molecular complexity index is 228. The molecule has 0 aromatic rings. The van der Waals surface area contributed by atoms with Crippen molar-refractivity contribution in [3.63, 3.8) is 0 Å². The topological polar surface area (TPSA) is 55.4 Å². The van der Waals surface area contributed by atoms with Crippen LogP contribution in [-0.2, 0) is 9.53 Å². The quantitative estimate of drug-likeness (QED) is 0.812. The van der Waals surface area contributed by atoms with E-state index in [0.29, 0.717) is 5.92 Å². The number of hydrogen-bond donors (Lipinski definition) is 1. The molecular weight excluding hydrogens is 206 g/mol. The van der Waals surface area contributed by atoms with Gasteiger partial charge in [0.05, 0.1) is 13.2 Å². The first-order chi connectivity index (χ1) is 7.65. The summed E-state index contributed by atoms with van der Waals surface area (Å²) < 4.78 is 4.49. The number of carbonyl (C=O) groups excluding carboxylic acids is 2. The maximum atomic E-state index is 11.3. The van der Waals surface area contributed by atoms with Crippen LogP contribution in [-0.4, -0.2) is 25.0 Å². The molecule has 1 aliphatic carbocycles. The van der Waals surface area contributed by atoms with Gasteiger partial charge in [-0.2, -0.15) is 0 Å². The third-order valence-electron chi connectivity index (χ3n) is 2.77. The van der Waals surface area contributed by atoms with Gasteiger partial charge in [0.25, 0.3) is 0 Å². The van der Waals surface area contributed by atoms with Gasteiger partial charge in [-0.25, -0.2) is 4.79 Å². The molecule has 0 aliphatic heterocycles. The van der Waals surface area contributed by atoms with E-state index < -0.39 is 6.09 Å². The molecule has 1 rings (SSSR count). The van der Waals surface area contributed by atoms with Crippen molar-refractivity contribution in [3.8, 4) is 0 Å². The van der Waals surface area contributed by atoms with Crippen LogP contribution in [0.2, 0.25) is 0 Å². The van der Waals surface area contributed by atoms with E-state index in [0.717, 1.165) is 25.7 Å². The Hall–Kier alpha value is -1.06. The van der Waals surface area contributed by atoms with Crippen molar-refractivity contribution < 1.29 is 15.8 Å². The molecule has 1 N–H and O–H groups in total. The molecule has 0 saturated heterocycles. The lowest BCUT2D eigenvalue weighted by Crippen LogP contribution is -2.44. The van der Waals surface area contributed by atoms with Gasteiger partial charge in [-0.3, -0.25) is 4.79 Å². The first-order valence-corrected chi connectivity index (χ1v) is 6.00. The van der Waals surface area contributed by atoms with Crippen LogP contribution in [0, 0.1) is 5.92 Å². The summed E-state index contributed by atoms with van der Waals surface area (Å²) in [6.45, 7) is 5.51. The van der Waals surface area contributed by atoms with Crippen LogP contribution >= 0.6 is 0 Å². The second-order valence-electron chi connectivity index (χ2n) is 3.77. The van der Waals surface area contributed by atoms with Crippen molar-refractivity contribution in [3.05, 3.63) is 0 Å². The molecule has 0 aromatic carbocycles. The van der Waals surface area contributed by atoms with Crippen LogP contribution in [0.15, 0.2) is 0 Å². The number of rotatable bonds is 3. The molecule has 4 nitrogen and oxygen atoms in total. The minimum absolute atomic E-state index is 0. The number of amides is 1. The fourth-order valence-electron chi connectivity index (χ4n) is 2.03. The van der Waals surface area contributed by atoms with Crippen molar-refractivity contribution >= 4 is 11.9 Å². The predicted molar refractivity (Wildman–Crippen MR) is 65.4 cm³/mol. The summed E-state index contributed by atoms with van der Waals surface area (Å²) >= 11 is 0. The number of ether oxygens (including phenoxy) is 1. The Morgan fingerprint density at radius 1 is 1.31 bits per heavy atom. The Morgan fingerprint density at radius 2 is 1.81 bits per heavy atom. The molecule has 1 atom stereocenters. The van der Waals surface area contributed by atoms with Crippen LogP contribution in [0.4, 0.5) is 4.79 Å². The molecule has 96 valence electrons. The van der Waals surface area contributed by atoms with Gasteiger partial charge in [-0.1, -0.05) is 26.7 Å². The summed E-state index contributed by atoms with van der Waals surface area (Å²) in [5.74, 6) is 0.314. The van der Waals surface area contributed by atoms with Gasteiger partial charge >= 0.3 is 6.09 Å². The highest BCUT2D eigenvalue weighted by Crippen LogP contribution is 2.28. The summed E-state index contributed by atoms with van der Waals surface area (Å²) in [6.07, 6.45) is 3.83. The SMILES string of the molecule is CC.COC(=O)NC(C(C)=O)C1CCCC1.[HH]. The zero-order chi connectivity index (χ0) is 12.6.